The number of hydrogen-bond acceptors (Lipinski definition) is 3. The predicted molar refractivity (Wildman–Crippen MR) is 67.5 cm³/mol. The molecule has 1 saturated heterocycles. The van der Waals surface area contributed by atoms with E-state index in [0.29, 0.717) is 37.3 Å². The van der Waals surface area contributed by atoms with Gasteiger partial charge in [0.25, 0.3) is 0 Å². The second-order valence-corrected chi connectivity index (χ2v) is 4.78. The van der Waals surface area contributed by atoms with E-state index in [1.165, 1.54) is 6.07 Å². The molecule has 2 rings (SSSR count). The maximum absolute atomic E-state index is 13.7. The van der Waals surface area contributed by atoms with Gasteiger partial charge in [0.2, 0.25) is 0 Å². The average molecular weight is 238 g/mol. The highest BCUT2D eigenvalue weighted by molar-refractivity contribution is 5.54. The fourth-order valence-corrected chi connectivity index (χ4v) is 2.30. The number of halogens is 1. The lowest BCUT2D eigenvalue weighted by Crippen LogP contribution is -2.44. The van der Waals surface area contributed by atoms with Gasteiger partial charge in [-0.25, -0.2) is 4.39 Å². The lowest BCUT2D eigenvalue weighted by Gasteiger charge is -2.38. The second kappa shape index (κ2) is 4.53. The first-order chi connectivity index (χ1) is 8.04. The van der Waals surface area contributed by atoms with E-state index in [9.17, 15) is 9.50 Å². The zero-order chi connectivity index (χ0) is 12.5. The van der Waals surface area contributed by atoms with E-state index in [0.717, 1.165) is 6.42 Å². The lowest BCUT2D eigenvalue weighted by atomic mass is 9.89. The van der Waals surface area contributed by atoms with Crippen LogP contribution in [0.5, 0.6) is 0 Å². The van der Waals surface area contributed by atoms with Crippen molar-refractivity contribution in [3.63, 3.8) is 0 Å². The molecular formula is C13H19FN2O. The van der Waals surface area contributed by atoms with E-state index < -0.39 is 5.60 Å². The van der Waals surface area contributed by atoms with Crippen molar-refractivity contribution in [3.8, 4) is 0 Å². The third kappa shape index (κ3) is 2.52. The van der Waals surface area contributed by atoms with Gasteiger partial charge in [-0.2, -0.15) is 0 Å². The zero-order valence-electron chi connectivity index (χ0n) is 10.1. The molecule has 0 amide bonds. The molecule has 0 bridgehead atoms. The first kappa shape index (κ1) is 12.2. The summed E-state index contributed by atoms with van der Waals surface area (Å²) >= 11 is 0. The molecule has 1 aliphatic heterocycles. The molecule has 0 aliphatic carbocycles. The van der Waals surface area contributed by atoms with Crippen molar-refractivity contribution in [3.05, 3.63) is 24.0 Å². The van der Waals surface area contributed by atoms with Crippen LogP contribution in [0.15, 0.2) is 18.2 Å². The van der Waals surface area contributed by atoms with E-state index in [1.54, 1.807) is 12.1 Å². The molecule has 1 aromatic rings. The van der Waals surface area contributed by atoms with Gasteiger partial charge in [-0.15, -0.1) is 0 Å². The summed E-state index contributed by atoms with van der Waals surface area (Å²) in [5.74, 6) is -0.285. The van der Waals surface area contributed by atoms with Gasteiger partial charge in [0.05, 0.1) is 11.3 Å². The molecule has 0 spiro atoms. The maximum atomic E-state index is 13.7. The van der Waals surface area contributed by atoms with Crippen LogP contribution in [-0.4, -0.2) is 23.8 Å². The Hall–Kier alpha value is -1.29. The number of nitrogens with two attached hydrogens (primary N) is 1. The van der Waals surface area contributed by atoms with Gasteiger partial charge < -0.3 is 15.7 Å². The van der Waals surface area contributed by atoms with Gasteiger partial charge in [0, 0.05) is 18.8 Å². The van der Waals surface area contributed by atoms with Crippen molar-refractivity contribution in [1.82, 2.24) is 0 Å². The van der Waals surface area contributed by atoms with Crippen LogP contribution < -0.4 is 10.6 Å². The van der Waals surface area contributed by atoms with Gasteiger partial charge >= 0.3 is 0 Å². The Morgan fingerprint density at radius 3 is 2.59 bits per heavy atom. The summed E-state index contributed by atoms with van der Waals surface area (Å²) in [6, 6.07) is 4.76. The zero-order valence-corrected chi connectivity index (χ0v) is 10.1. The summed E-state index contributed by atoms with van der Waals surface area (Å²) in [5, 5.41) is 10.1. The van der Waals surface area contributed by atoms with Crippen LogP contribution >= 0.6 is 0 Å². The Kier molecular flexibility index (Phi) is 3.24. The summed E-state index contributed by atoms with van der Waals surface area (Å²) in [6.45, 7) is 3.36. The van der Waals surface area contributed by atoms with Crippen molar-refractivity contribution in [2.45, 2.75) is 31.8 Å². The summed E-state index contributed by atoms with van der Waals surface area (Å²) in [4.78, 5) is 1.97. The number of benzene rings is 1. The van der Waals surface area contributed by atoms with Crippen LogP contribution in [-0.2, 0) is 0 Å². The Bertz CT molecular complexity index is 400. The number of piperidine rings is 1. The molecule has 1 aliphatic rings. The molecule has 0 unspecified atom stereocenters. The van der Waals surface area contributed by atoms with E-state index in [1.807, 2.05) is 11.8 Å². The van der Waals surface area contributed by atoms with Crippen LogP contribution in [0.25, 0.3) is 0 Å². The van der Waals surface area contributed by atoms with Crippen LogP contribution in [0.2, 0.25) is 0 Å². The quantitative estimate of drug-likeness (QED) is 0.776. The minimum absolute atomic E-state index is 0.285. The van der Waals surface area contributed by atoms with E-state index in [4.69, 9.17) is 5.73 Å². The number of nitrogens with zero attached hydrogens (tertiary/aromatic N) is 1. The Balaban J connectivity index is 2.10. The third-order valence-corrected chi connectivity index (χ3v) is 3.66. The van der Waals surface area contributed by atoms with Crippen molar-refractivity contribution in [2.24, 2.45) is 0 Å². The van der Waals surface area contributed by atoms with Crippen LogP contribution in [0.4, 0.5) is 15.8 Å². The molecule has 3 N–H and O–H groups in total. The number of hydrogen-bond donors (Lipinski definition) is 2. The van der Waals surface area contributed by atoms with E-state index in [2.05, 4.69) is 0 Å². The molecule has 4 heteroatoms. The van der Waals surface area contributed by atoms with Crippen LogP contribution in [0, 0.1) is 5.82 Å². The molecule has 1 fully saturated rings. The van der Waals surface area contributed by atoms with Gasteiger partial charge in [0.15, 0.2) is 0 Å². The molecule has 1 aromatic carbocycles. The SMILES string of the molecule is CCC1(O)CCN(c2ccc(N)cc2F)CC1. The van der Waals surface area contributed by atoms with Gasteiger partial charge in [0.1, 0.15) is 5.82 Å². The molecule has 94 valence electrons. The molecule has 0 saturated carbocycles. The minimum Gasteiger partial charge on any atom is -0.399 e. The van der Waals surface area contributed by atoms with Crippen molar-refractivity contribution >= 4 is 11.4 Å². The molecule has 0 atom stereocenters. The lowest BCUT2D eigenvalue weighted by molar-refractivity contribution is 0.0125. The first-order valence-electron chi connectivity index (χ1n) is 6.06. The van der Waals surface area contributed by atoms with Crippen molar-refractivity contribution in [1.29, 1.82) is 0 Å². The van der Waals surface area contributed by atoms with Gasteiger partial charge in [-0.05, 0) is 37.5 Å². The molecule has 3 nitrogen and oxygen atoms in total. The highest BCUT2D eigenvalue weighted by Gasteiger charge is 2.31. The number of nitrogen functional groups attached to an aromatic ring is 1. The molecule has 0 radical (unpaired) electrons. The summed E-state index contributed by atoms with van der Waals surface area (Å²) in [5.41, 5.74) is 5.97. The highest BCUT2D eigenvalue weighted by Crippen LogP contribution is 2.30. The van der Waals surface area contributed by atoms with Crippen molar-refractivity contribution in [2.75, 3.05) is 23.7 Å². The van der Waals surface area contributed by atoms with Crippen molar-refractivity contribution < 1.29 is 9.50 Å². The van der Waals surface area contributed by atoms with E-state index in [-0.39, 0.29) is 5.82 Å². The molecule has 17 heavy (non-hydrogen) atoms. The highest BCUT2D eigenvalue weighted by atomic mass is 19.1. The average Bonchev–Trinajstić information content (AvgIpc) is 2.31. The Labute approximate surface area is 101 Å². The molecule has 0 aromatic heterocycles. The summed E-state index contributed by atoms with van der Waals surface area (Å²) in [7, 11) is 0. The first-order valence-corrected chi connectivity index (χ1v) is 6.06. The van der Waals surface area contributed by atoms with Crippen LogP contribution in [0.1, 0.15) is 26.2 Å². The minimum atomic E-state index is -0.569. The van der Waals surface area contributed by atoms with E-state index >= 15 is 0 Å². The maximum Gasteiger partial charge on any atom is 0.148 e. The number of aliphatic hydroxyl groups is 1. The standard InChI is InChI=1S/C13H19FN2O/c1-2-13(17)5-7-16(8-6-13)12-4-3-10(15)9-11(12)14/h3-4,9,17H,2,5-8,15H2,1H3. The summed E-state index contributed by atoms with van der Waals surface area (Å²) < 4.78 is 13.7. The number of anilines is 2. The molecule has 1 heterocycles. The fourth-order valence-electron chi connectivity index (χ4n) is 2.30. The topological polar surface area (TPSA) is 49.5 Å². The van der Waals surface area contributed by atoms with Gasteiger partial charge in [-0.3, -0.25) is 0 Å². The normalized spacial score (nSPS) is 19.4. The predicted octanol–water partition coefficient (Wildman–Crippen LogP) is 2.15. The smallest absolute Gasteiger partial charge is 0.148 e. The molecular weight excluding hydrogens is 219 g/mol. The Morgan fingerprint density at radius 1 is 1.41 bits per heavy atom. The number of rotatable bonds is 2. The van der Waals surface area contributed by atoms with Gasteiger partial charge in [-0.1, -0.05) is 6.92 Å². The monoisotopic (exact) mass is 238 g/mol. The second-order valence-electron chi connectivity index (χ2n) is 4.78. The van der Waals surface area contributed by atoms with Crippen LogP contribution in [0.3, 0.4) is 0 Å². The third-order valence-electron chi connectivity index (χ3n) is 3.66. The Morgan fingerprint density at radius 2 is 2.06 bits per heavy atom. The fraction of sp³-hybridized carbons (Fsp3) is 0.538. The summed E-state index contributed by atoms with van der Waals surface area (Å²) in [6.07, 6.45) is 2.13. The largest absolute Gasteiger partial charge is 0.399 e.